The third-order valence-electron chi connectivity index (χ3n) is 0.220. The molecule has 48 valence electrons. The Labute approximate surface area is 50.9 Å². The fourth-order valence-electron chi connectivity index (χ4n) is 0.0902. The topological polar surface area (TPSA) is 78.8 Å². The van der Waals surface area contributed by atoms with Crippen LogP contribution in [0.15, 0.2) is 0 Å². The predicted molar refractivity (Wildman–Crippen MR) is 29.9 cm³/mol. The first-order valence-corrected chi connectivity index (χ1v) is 3.50. The monoisotopic (exact) mass is 157 g/mol. The van der Waals surface area contributed by atoms with E-state index in [9.17, 15) is 4.57 Å². The highest BCUT2D eigenvalue weighted by molar-refractivity contribution is 7.78. The molecule has 0 saturated heterocycles. The first-order chi connectivity index (χ1) is 3.56. The van der Waals surface area contributed by atoms with E-state index in [0.717, 1.165) is 5.49 Å². The summed E-state index contributed by atoms with van der Waals surface area (Å²) in [5.74, 6) is 0. The van der Waals surface area contributed by atoms with Crippen LogP contribution in [0.1, 0.15) is 0 Å². The lowest BCUT2D eigenvalue weighted by Gasteiger charge is -1.99. The highest BCUT2D eigenvalue weighted by atomic mass is 32.1. The van der Waals surface area contributed by atoms with E-state index in [1.165, 1.54) is 0 Å². The van der Waals surface area contributed by atoms with Gasteiger partial charge in [0.2, 0.25) is 0 Å². The zero-order chi connectivity index (χ0) is 6.62. The van der Waals surface area contributed by atoms with Crippen LogP contribution < -0.4 is 5.48 Å². The molecule has 0 aromatic heterocycles. The molecule has 0 amide bonds. The van der Waals surface area contributed by atoms with Gasteiger partial charge in [-0.05, 0) is 0 Å². The molecule has 0 rings (SSSR count). The molecule has 0 unspecified atom stereocenters. The van der Waals surface area contributed by atoms with Gasteiger partial charge >= 0.3 is 7.82 Å². The van der Waals surface area contributed by atoms with Gasteiger partial charge in [-0.2, -0.15) is 4.62 Å². The minimum atomic E-state index is -4.39. The van der Waals surface area contributed by atoms with Gasteiger partial charge in [-0.3, -0.25) is 5.48 Å². The Kier molecular flexibility index (Phi) is 3.11. The Balaban J connectivity index is 3.40. The third kappa shape index (κ3) is 6.00. The van der Waals surface area contributed by atoms with Crippen LogP contribution in [0.25, 0.3) is 0 Å². The van der Waals surface area contributed by atoms with Crippen LogP contribution in [0.2, 0.25) is 0 Å². The summed E-state index contributed by atoms with van der Waals surface area (Å²) in [5.41, 5.74) is 2.56. The molecule has 0 saturated carbocycles. The molecular weight excluding hydrogens is 153 g/mol. The molecule has 0 aliphatic carbocycles. The summed E-state index contributed by atoms with van der Waals surface area (Å²) in [6.45, 7) is 0. The second-order valence-electron chi connectivity index (χ2n) is 0.818. The van der Waals surface area contributed by atoms with E-state index in [-0.39, 0.29) is 0 Å². The third-order valence-corrected chi connectivity index (χ3v) is 0.659. The molecule has 0 heterocycles. The molecule has 0 radical (unpaired) electrons. The quantitative estimate of drug-likeness (QED) is 0.293. The van der Waals surface area contributed by atoms with E-state index in [1.54, 1.807) is 5.48 Å². The van der Waals surface area contributed by atoms with Gasteiger partial charge in [-0.1, -0.05) is 12.2 Å². The molecule has 0 bridgehead atoms. The van der Waals surface area contributed by atoms with E-state index in [4.69, 9.17) is 9.79 Å². The average Bonchev–Trinajstić information content (AvgIpc) is 1.59. The summed E-state index contributed by atoms with van der Waals surface area (Å²) >= 11 is 4.12. The zero-order valence-electron chi connectivity index (χ0n) is 3.64. The number of hydrogen-bond donors (Lipinski definition) is 3. The average molecular weight is 157 g/mol. The number of rotatable bonds is 3. The predicted octanol–water partition coefficient (Wildman–Crippen LogP) is -0.443. The molecule has 3 N–H and O–H groups in total. The molecule has 0 aliphatic rings. The van der Waals surface area contributed by atoms with Gasteiger partial charge in [-0.15, -0.1) is 0 Å². The van der Waals surface area contributed by atoms with Gasteiger partial charge < -0.3 is 9.79 Å². The summed E-state index contributed by atoms with van der Waals surface area (Å²) in [6, 6.07) is 0. The summed E-state index contributed by atoms with van der Waals surface area (Å²) in [5, 5.41) is 0. The fraction of sp³-hybridized carbons (Fsp3) is 0. The van der Waals surface area contributed by atoms with E-state index in [2.05, 4.69) is 16.8 Å². The second-order valence-corrected chi connectivity index (χ2v) is 2.22. The summed E-state index contributed by atoms with van der Waals surface area (Å²) < 4.78 is 13.4. The summed E-state index contributed by atoms with van der Waals surface area (Å²) in [7, 11) is -4.39. The first-order valence-electron chi connectivity index (χ1n) is 1.49. The number of nitrogens with one attached hydrogen (secondary N) is 1. The molecule has 0 fully saturated rings. The molecular formula is CH4NO4PS. The Morgan fingerprint density at radius 3 is 2.38 bits per heavy atom. The van der Waals surface area contributed by atoms with Gasteiger partial charge in [0.15, 0.2) is 0 Å². The van der Waals surface area contributed by atoms with Crippen LogP contribution in [0, 0.1) is 0 Å². The van der Waals surface area contributed by atoms with E-state index in [0.29, 0.717) is 0 Å². The molecule has 7 heteroatoms. The lowest BCUT2D eigenvalue weighted by molar-refractivity contribution is 0.167. The first kappa shape index (κ1) is 8.00. The Hall–Kier alpha value is -0.0000000000000000555. The Morgan fingerprint density at radius 1 is 1.75 bits per heavy atom. The maximum Gasteiger partial charge on any atom is 0.491 e. The van der Waals surface area contributed by atoms with Crippen molar-refractivity contribution in [2.45, 2.75) is 0 Å². The fourth-order valence-corrected chi connectivity index (χ4v) is 0.400. The van der Waals surface area contributed by atoms with Crippen molar-refractivity contribution < 1.29 is 19.0 Å². The standard InChI is InChI=1S/CH4NO4PS/c3-7(4,5)6-2-1-8/h1H,(H,2,8)(H2,3,4,5). The van der Waals surface area contributed by atoms with Crippen LogP contribution in [0.5, 0.6) is 0 Å². The van der Waals surface area contributed by atoms with Gasteiger partial charge in [0, 0.05) is 0 Å². The molecule has 0 atom stereocenters. The maximum absolute atomic E-state index is 9.73. The lowest BCUT2D eigenvalue weighted by atomic mass is 11.5. The van der Waals surface area contributed by atoms with Gasteiger partial charge in [0.05, 0.1) is 5.49 Å². The summed E-state index contributed by atoms with van der Waals surface area (Å²) in [4.78, 5) is 15.8. The van der Waals surface area contributed by atoms with Crippen molar-refractivity contribution >= 4 is 25.5 Å². The van der Waals surface area contributed by atoms with Crippen molar-refractivity contribution in [1.29, 1.82) is 0 Å². The van der Waals surface area contributed by atoms with Gasteiger partial charge in [-0.25, -0.2) is 4.57 Å². The van der Waals surface area contributed by atoms with E-state index >= 15 is 0 Å². The maximum atomic E-state index is 9.73. The smallest absolute Gasteiger partial charge is 0.301 e. The molecule has 0 aromatic carbocycles. The van der Waals surface area contributed by atoms with Crippen LogP contribution in [0.4, 0.5) is 0 Å². The molecule has 0 aromatic rings. The number of hydrogen-bond acceptors (Lipinski definition) is 3. The van der Waals surface area contributed by atoms with Crippen molar-refractivity contribution in [3.8, 4) is 0 Å². The van der Waals surface area contributed by atoms with Gasteiger partial charge in [0.25, 0.3) is 0 Å². The normalized spacial score (nSPS) is 10.8. The number of hydroxylamine groups is 1. The zero-order valence-corrected chi connectivity index (χ0v) is 5.35. The molecule has 0 spiro atoms. The minimum absolute atomic E-state index is 0.846. The molecule has 8 heavy (non-hydrogen) atoms. The van der Waals surface area contributed by atoms with E-state index < -0.39 is 7.82 Å². The van der Waals surface area contributed by atoms with Crippen molar-refractivity contribution in [2.24, 2.45) is 0 Å². The number of phosphoric acid groups is 1. The Morgan fingerprint density at radius 2 is 2.25 bits per heavy atom. The van der Waals surface area contributed by atoms with Crippen LogP contribution in [-0.2, 0) is 9.19 Å². The van der Waals surface area contributed by atoms with Crippen LogP contribution in [-0.4, -0.2) is 15.3 Å². The van der Waals surface area contributed by atoms with Gasteiger partial charge in [0.1, 0.15) is 0 Å². The van der Waals surface area contributed by atoms with E-state index in [1.807, 2.05) is 0 Å². The largest absolute Gasteiger partial charge is 0.491 e. The van der Waals surface area contributed by atoms with Crippen molar-refractivity contribution in [2.75, 3.05) is 0 Å². The lowest BCUT2D eigenvalue weighted by Crippen LogP contribution is -2.07. The highest BCUT2D eigenvalue weighted by Gasteiger charge is 2.11. The van der Waals surface area contributed by atoms with Crippen molar-refractivity contribution in [1.82, 2.24) is 5.48 Å². The van der Waals surface area contributed by atoms with Crippen molar-refractivity contribution in [3.05, 3.63) is 0 Å². The minimum Gasteiger partial charge on any atom is -0.301 e. The second kappa shape index (κ2) is 3.11. The molecule has 0 aliphatic heterocycles. The van der Waals surface area contributed by atoms with Crippen LogP contribution >= 0.6 is 20.0 Å². The van der Waals surface area contributed by atoms with Crippen LogP contribution in [0.3, 0.4) is 0 Å². The SMILES string of the molecule is O=P(O)(O)ONC=S. The number of thiocarbonyl (C=S) groups is 1. The summed E-state index contributed by atoms with van der Waals surface area (Å²) in [6.07, 6.45) is 0. The Bertz CT molecular complexity index is 119. The highest BCUT2D eigenvalue weighted by Crippen LogP contribution is 2.33. The molecule has 5 nitrogen and oxygen atoms in total. The van der Waals surface area contributed by atoms with Crippen molar-refractivity contribution in [3.63, 3.8) is 0 Å².